The van der Waals surface area contributed by atoms with Crippen LogP contribution in [0.25, 0.3) is 0 Å². The van der Waals surface area contributed by atoms with Crippen molar-refractivity contribution in [1.29, 1.82) is 0 Å². The van der Waals surface area contributed by atoms with E-state index in [0.29, 0.717) is 16.3 Å². The molecule has 0 spiro atoms. The van der Waals surface area contributed by atoms with E-state index in [4.69, 9.17) is 17.3 Å². The molecule has 0 amide bonds. The molecule has 0 aliphatic heterocycles. The van der Waals surface area contributed by atoms with Crippen LogP contribution in [0.2, 0.25) is 5.02 Å². The zero-order chi connectivity index (χ0) is 11.9. The Morgan fingerprint density at radius 2 is 1.88 bits per heavy atom. The topological polar surface area (TPSA) is 48.0 Å². The second-order valence-electron chi connectivity index (χ2n) is 4.55. The molecule has 1 fully saturated rings. The van der Waals surface area contributed by atoms with E-state index in [1.807, 2.05) is 6.92 Å². The van der Waals surface area contributed by atoms with E-state index in [9.17, 15) is 4.79 Å². The van der Waals surface area contributed by atoms with Gasteiger partial charge in [-0.25, -0.2) is 0 Å². The highest BCUT2D eigenvalue weighted by Gasteiger charge is 2.22. The van der Waals surface area contributed by atoms with Crippen molar-refractivity contribution in [2.24, 2.45) is 0 Å². The fourth-order valence-corrected chi connectivity index (χ4v) is 2.73. The number of hydrogen-bond acceptors (Lipinski definition) is 2. The standard InChI is InChI=1S/C12H17ClN2O/c1-7-10(13)8(2)15(12(16)11(7)14)9-5-3-4-6-9/h9H,3-6,14H2,1-2H3. The van der Waals surface area contributed by atoms with Crippen LogP contribution >= 0.6 is 11.6 Å². The number of nitrogens with zero attached hydrogens (tertiary/aromatic N) is 1. The van der Waals surface area contributed by atoms with Crippen molar-refractivity contribution < 1.29 is 0 Å². The van der Waals surface area contributed by atoms with E-state index >= 15 is 0 Å². The molecule has 0 saturated heterocycles. The van der Waals surface area contributed by atoms with Gasteiger partial charge >= 0.3 is 0 Å². The highest BCUT2D eigenvalue weighted by atomic mass is 35.5. The van der Waals surface area contributed by atoms with E-state index < -0.39 is 0 Å². The van der Waals surface area contributed by atoms with Crippen molar-refractivity contribution in [3.63, 3.8) is 0 Å². The largest absolute Gasteiger partial charge is 0.394 e. The summed E-state index contributed by atoms with van der Waals surface area (Å²) in [5.74, 6) is 0. The first-order valence-corrected chi connectivity index (χ1v) is 6.08. The van der Waals surface area contributed by atoms with Gasteiger partial charge in [0.15, 0.2) is 0 Å². The molecule has 1 aromatic heterocycles. The van der Waals surface area contributed by atoms with Crippen molar-refractivity contribution >= 4 is 17.3 Å². The van der Waals surface area contributed by atoms with Crippen LogP contribution in [0.5, 0.6) is 0 Å². The summed E-state index contributed by atoms with van der Waals surface area (Å²) in [6.07, 6.45) is 4.48. The van der Waals surface area contributed by atoms with Crippen molar-refractivity contribution in [2.45, 2.75) is 45.6 Å². The molecule has 2 N–H and O–H groups in total. The van der Waals surface area contributed by atoms with Gasteiger partial charge in [0.25, 0.3) is 5.56 Å². The summed E-state index contributed by atoms with van der Waals surface area (Å²) in [5, 5.41) is 0.629. The van der Waals surface area contributed by atoms with Crippen LogP contribution in [0.3, 0.4) is 0 Å². The van der Waals surface area contributed by atoms with E-state index in [1.165, 1.54) is 12.8 Å². The molecule has 16 heavy (non-hydrogen) atoms. The Morgan fingerprint density at radius 1 is 1.31 bits per heavy atom. The second-order valence-corrected chi connectivity index (χ2v) is 4.93. The highest BCUT2D eigenvalue weighted by Crippen LogP contribution is 2.32. The van der Waals surface area contributed by atoms with Gasteiger partial charge in [0.1, 0.15) is 5.69 Å². The smallest absolute Gasteiger partial charge is 0.274 e. The zero-order valence-electron chi connectivity index (χ0n) is 9.72. The van der Waals surface area contributed by atoms with Gasteiger partial charge in [-0.05, 0) is 32.3 Å². The fourth-order valence-electron chi connectivity index (χ4n) is 2.54. The average Bonchev–Trinajstić information content (AvgIpc) is 2.77. The normalized spacial score (nSPS) is 16.9. The predicted molar refractivity (Wildman–Crippen MR) is 67.1 cm³/mol. The molecule has 1 aliphatic rings. The number of pyridine rings is 1. The number of aromatic nitrogens is 1. The van der Waals surface area contributed by atoms with Gasteiger partial charge in [0, 0.05) is 11.7 Å². The van der Waals surface area contributed by atoms with Gasteiger partial charge < -0.3 is 10.3 Å². The molecule has 88 valence electrons. The minimum Gasteiger partial charge on any atom is -0.394 e. The Labute approximate surface area is 100 Å². The first-order valence-electron chi connectivity index (χ1n) is 5.70. The van der Waals surface area contributed by atoms with Crippen molar-refractivity contribution in [2.75, 3.05) is 5.73 Å². The summed E-state index contributed by atoms with van der Waals surface area (Å²) in [4.78, 5) is 12.1. The number of nitrogens with two attached hydrogens (primary N) is 1. The molecular formula is C12H17ClN2O. The molecule has 1 aliphatic carbocycles. The molecule has 0 unspecified atom stereocenters. The molecule has 0 aromatic carbocycles. The lowest BCUT2D eigenvalue weighted by molar-refractivity contribution is 0.492. The van der Waals surface area contributed by atoms with E-state index in [-0.39, 0.29) is 11.6 Å². The van der Waals surface area contributed by atoms with Crippen LogP contribution in [0.15, 0.2) is 4.79 Å². The summed E-state index contributed by atoms with van der Waals surface area (Å²) in [6.45, 7) is 3.69. The molecule has 0 radical (unpaired) electrons. The van der Waals surface area contributed by atoms with Crippen LogP contribution in [0, 0.1) is 13.8 Å². The predicted octanol–water partition coefficient (Wildman–Crippen LogP) is 2.82. The number of nitrogen functional groups attached to an aromatic ring is 1. The fraction of sp³-hybridized carbons (Fsp3) is 0.583. The van der Waals surface area contributed by atoms with Crippen LogP contribution in [-0.4, -0.2) is 4.57 Å². The average molecular weight is 241 g/mol. The van der Waals surface area contributed by atoms with E-state index in [0.717, 1.165) is 18.5 Å². The minimum atomic E-state index is -0.0775. The van der Waals surface area contributed by atoms with Crippen LogP contribution < -0.4 is 11.3 Å². The molecule has 0 atom stereocenters. The van der Waals surface area contributed by atoms with Gasteiger partial charge in [-0.2, -0.15) is 0 Å². The van der Waals surface area contributed by atoms with E-state index in [2.05, 4.69) is 0 Å². The molecule has 1 heterocycles. The minimum absolute atomic E-state index is 0.0775. The first kappa shape index (κ1) is 11.5. The Hall–Kier alpha value is -0.960. The van der Waals surface area contributed by atoms with Gasteiger partial charge in [-0.1, -0.05) is 24.4 Å². The maximum absolute atomic E-state index is 12.1. The third kappa shape index (κ3) is 1.63. The maximum Gasteiger partial charge on any atom is 0.274 e. The van der Waals surface area contributed by atoms with Gasteiger partial charge in [0.05, 0.1) is 5.02 Å². The number of anilines is 1. The Morgan fingerprint density at radius 3 is 2.44 bits per heavy atom. The third-order valence-corrected chi connectivity index (χ3v) is 4.11. The van der Waals surface area contributed by atoms with Crippen molar-refractivity contribution in [1.82, 2.24) is 4.57 Å². The molecule has 1 saturated carbocycles. The Kier molecular flexibility index (Phi) is 2.98. The molecule has 1 aromatic rings. The molecule has 4 heteroatoms. The highest BCUT2D eigenvalue weighted by molar-refractivity contribution is 6.32. The molecule has 0 bridgehead atoms. The second kappa shape index (κ2) is 4.13. The van der Waals surface area contributed by atoms with Crippen molar-refractivity contribution in [3.05, 3.63) is 26.6 Å². The van der Waals surface area contributed by atoms with Crippen LogP contribution in [-0.2, 0) is 0 Å². The number of halogens is 1. The summed E-state index contributed by atoms with van der Waals surface area (Å²) >= 11 is 6.20. The summed E-state index contributed by atoms with van der Waals surface area (Å²) in [5.41, 5.74) is 7.58. The molecule has 3 nitrogen and oxygen atoms in total. The maximum atomic E-state index is 12.1. The lowest BCUT2D eigenvalue weighted by Crippen LogP contribution is -2.29. The number of rotatable bonds is 1. The monoisotopic (exact) mass is 240 g/mol. The first-order chi connectivity index (χ1) is 7.54. The van der Waals surface area contributed by atoms with Gasteiger partial charge in [0.2, 0.25) is 0 Å². The van der Waals surface area contributed by atoms with E-state index in [1.54, 1.807) is 11.5 Å². The zero-order valence-corrected chi connectivity index (χ0v) is 10.5. The van der Waals surface area contributed by atoms with Crippen LogP contribution in [0.4, 0.5) is 5.69 Å². The van der Waals surface area contributed by atoms with Gasteiger partial charge in [-0.15, -0.1) is 0 Å². The Balaban J connectivity index is 2.64. The quantitative estimate of drug-likeness (QED) is 0.821. The summed E-state index contributed by atoms with van der Waals surface area (Å²) in [6, 6.07) is 0.285. The molecular weight excluding hydrogens is 224 g/mol. The van der Waals surface area contributed by atoms with Crippen molar-refractivity contribution in [3.8, 4) is 0 Å². The number of hydrogen-bond donors (Lipinski definition) is 1. The lowest BCUT2D eigenvalue weighted by Gasteiger charge is -2.20. The Bertz CT molecular complexity index is 473. The van der Waals surface area contributed by atoms with Gasteiger partial charge in [-0.3, -0.25) is 4.79 Å². The SMILES string of the molecule is Cc1c(Cl)c(C)n(C2CCCC2)c(=O)c1N. The summed E-state index contributed by atoms with van der Waals surface area (Å²) in [7, 11) is 0. The lowest BCUT2D eigenvalue weighted by atomic mass is 10.1. The van der Waals surface area contributed by atoms with Crippen LogP contribution in [0.1, 0.15) is 43.0 Å². The summed E-state index contributed by atoms with van der Waals surface area (Å²) < 4.78 is 1.79. The molecule has 2 rings (SSSR count). The third-order valence-electron chi connectivity index (χ3n) is 3.55.